The van der Waals surface area contributed by atoms with E-state index in [-0.39, 0.29) is 5.69 Å². The third-order valence-corrected chi connectivity index (χ3v) is 2.67. The molecule has 2 aromatic rings. The summed E-state index contributed by atoms with van der Waals surface area (Å²) >= 11 is 0. The Hall–Kier alpha value is -2.83. The highest BCUT2D eigenvalue weighted by molar-refractivity contribution is 5.86. The number of carbonyl (C=O) groups is 1. The highest BCUT2D eigenvalue weighted by Crippen LogP contribution is 2.27. The number of hydrogen-bond acceptors (Lipinski definition) is 7. The highest BCUT2D eigenvalue weighted by atomic mass is 16.5. The van der Waals surface area contributed by atoms with Crippen molar-refractivity contribution >= 4 is 17.5 Å². The van der Waals surface area contributed by atoms with Crippen LogP contribution in [0.4, 0.5) is 11.5 Å². The number of nitrogens with one attached hydrogen (secondary N) is 1. The van der Waals surface area contributed by atoms with E-state index < -0.39 is 5.97 Å². The van der Waals surface area contributed by atoms with Gasteiger partial charge in [0.2, 0.25) is 0 Å². The smallest absolute Gasteiger partial charge is 0.358 e. The average Bonchev–Trinajstić information content (AvgIpc) is 2.54. The van der Waals surface area contributed by atoms with Gasteiger partial charge in [-0.3, -0.25) is 0 Å². The summed E-state index contributed by atoms with van der Waals surface area (Å²) in [6, 6.07) is 5.34. The number of esters is 1. The third-order valence-electron chi connectivity index (χ3n) is 2.67. The lowest BCUT2D eigenvalue weighted by atomic mass is 10.2. The van der Waals surface area contributed by atoms with Crippen LogP contribution in [0, 0.1) is 0 Å². The molecule has 1 N–H and O–H groups in total. The van der Waals surface area contributed by atoms with Crippen molar-refractivity contribution in [3.63, 3.8) is 0 Å². The highest BCUT2D eigenvalue weighted by Gasteiger charge is 2.08. The quantitative estimate of drug-likeness (QED) is 0.843. The zero-order valence-corrected chi connectivity index (χ0v) is 11.9. The van der Waals surface area contributed by atoms with Crippen LogP contribution in [0.2, 0.25) is 0 Å². The molecule has 21 heavy (non-hydrogen) atoms. The normalized spacial score (nSPS) is 9.86. The molecular weight excluding hydrogens is 274 g/mol. The molecule has 0 radical (unpaired) electrons. The minimum atomic E-state index is -0.530. The van der Waals surface area contributed by atoms with E-state index in [4.69, 9.17) is 9.47 Å². The Bertz CT molecular complexity index is 606. The molecule has 1 heterocycles. The van der Waals surface area contributed by atoms with Crippen LogP contribution in [0.5, 0.6) is 11.5 Å². The molecule has 0 atom stereocenters. The van der Waals surface area contributed by atoms with Gasteiger partial charge in [0.25, 0.3) is 0 Å². The number of methoxy groups -OCH3 is 3. The van der Waals surface area contributed by atoms with Crippen molar-refractivity contribution in [2.75, 3.05) is 26.6 Å². The topological polar surface area (TPSA) is 82.6 Å². The van der Waals surface area contributed by atoms with Gasteiger partial charge in [0.05, 0.1) is 33.7 Å². The van der Waals surface area contributed by atoms with E-state index in [0.29, 0.717) is 17.3 Å². The summed E-state index contributed by atoms with van der Waals surface area (Å²) in [4.78, 5) is 19.3. The molecule has 7 nitrogen and oxygen atoms in total. The molecule has 0 unspecified atom stereocenters. The zero-order valence-electron chi connectivity index (χ0n) is 11.9. The minimum Gasteiger partial charge on any atom is -0.497 e. The second-order valence-corrected chi connectivity index (χ2v) is 4.00. The molecule has 0 fully saturated rings. The van der Waals surface area contributed by atoms with Gasteiger partial charge in [0.1, 0.15) is 17.3 Å². The van der Waals surface area contributed by atoms with Crippen LogP contribution in [0.15, 0.2) is 30.6 Å². The van der Waals surface area contributed by atoms with Gasteiger partial charge in [-0.1, -0.05) is 0 Å². The standard InChI is InChI=1S/C14H15N3O4/c1-19-10-4-9(5-11(6-10)20-2)17-13-8-15-12(7-16-13)14(18)21-3/h4-8H,1-3H3,(H,16,17). The first kappa shape index (κ1) is 14.6. The average molecular weight is 289 g/mol. The van der Waals surface area contributed by atoms with Crippen LogP contribution >= 0.6 is 0 Å². The maximum atomic E-state index is 11.3. The summed E-state index contributed by atoms with van der Waals surface area (Å²) in [5, 5.41) is 3.05. The number of hydrogen-bond donors (Lipinski definition) is 1. The lowest BCUT2D eigenvalue weighted by Crippen LogP contribution is -2.05. The van der Waals surface area contributed by atoms with Crippen molar-refractivity contribution in [2.45, 2.75) is 0 Å². The van der Waals surface area contributed by atoms with Gasteiger partial charge in [0.15, 0.2) is 5.69 Å². The van der Waals surface area contributed by atoms with E-state index in [0.717, 1.165) is 5.69 Å². The monoisotopic (exact) mass is 289 g/mol. The molecule has 0 aliphatic rings. The van der Waals surface area contributed by atoms with Crippen molar-refractivity contribution in [1.29, 1.82) is 0 Å². The molecule has 0 aliphatic carbocycles. The van der Waals surface area contributed by atoms with Gasteiger partial charge >= 0.3 is 5.97 Å². The van der Waals surface area contributed by atoms with E-state index in [1.807, 2.05) is 0 Å². The predicted molar refractivity (Wildman–Crippen MR) is 76.2 cm³/mol. The number of ether oxygens (including phenoxy) is 3. The van der Waals surface area contributed by atoms with Crippen LogP contribution in [-0.2, 0) is 4.74 Å². The van der Waals surface area contributed by atoms with Crippen LogP contribution in [0.25, 0.3) is 0 Å². The molecule has 0 aliphatic heterocycles. The summed E-state index contributed by atoms with van der Waals surface area (Å²) in [5.74, 6) is 1.25. The molecule has 0 spiro atoms. The summed E-state index contributed by atoms with van der Waals surface area (Å²) in [6.07, 6.45) is 2.78. The molecule has 7 heteroatoms. The van der Waals surface area contributed by atoms with Gasteiger partial charge in [0, 0.05) is 23.9 Å². The predicted octanol–water partition coefficient (Wildman–Crippen LogP) is 2.02. The first-order chi connectivity index (χ1) is 10.2. The molecular formula is C14H15N3O4. The van der Waals surface area contributed by atoms with Crippen molar-refractivity contribution in [3.8, 4) is 11.5 Å². The molecule has 1 aromatic carbocycles. The fourth-order valence-corrected chi connectivity index (χ4v) is 1.63. The zero-order chi connectivity index (χ0) is 15.2. The largest absolute Gasteiger partial charge is 0.497 e. The van der Waals surface area contributed by atoms with Crippen molar-refractivity contribution in [1.82, 2.24) is 9.97 Å². The first-order valence-electron chi connectivity index (χ1n) is 6.06. The Labute approximate surface area is 121 Å². The molecule has 0 saturated heterocycles. The van der Waals surface area contributed by atoms with Crippen LogP contribution in [-0.4, -0.2) is 37.3 Å². The van der Waals surface area contributed by atoms with Crippen LogP contribution in [0.3, 0.4) is 0 Å². The van der Waals surface area contributed by atoms with Crippen molar-refractivity contribution < 1.29 is 19.0 Å². The Morgan fingerprint density at radius 2 is 1.67 bits per heavy atom. The fourth-order valence-electron chi connectivity index (χ4n) is 1.63. The van der Waals surface area contributed by atoms with E-state index in [1.54, 1.807) is 32.4 Å². The van der Waals surface area contributed by atoms with Crippen molar-refractivity contribution in [2.24, 2.45) is 0 Å². The lowest BCUT2D eigenvalue weighted by molar-refractivity contribution is 0.0593. The molecule has 2 rings (SSSR count). The Balaban J connectivity index is 2.19. The molecule has 0 amide bonds. The van der Waals surface area contributed by atoms with Gasteiger partial charge in [-0.25, -0.2) is 14.8 Å². The van der Waals surface area contributed by atoms with E-state index in [2.05, 4.69) is 20.0 Å². The molecule has 1 aromatic heterocycles. The number of aromatic nitrogens is 2. The second kappa shape index (κ2) is 6.56. The summed E-state index contributed by atoms with van der Waals surface area (Å²) in [5.41, 5.74) is 0.873. The summed E-state index contributed by atoms with van der Waals surface area (Å²) < 4.78 is 14.9. The number of nitrogens with zero attached hydrogens (tertiary/aromatic N) is 2. The van der Waals surface area contributed by atoms with Gasteiger partial charge < -0.3 is 19.5 Å². The SMILES string of the molecule is COC(=O)c1cnc(Nc2cc(OC)cc(OC)c2)cn1. The molecule has 0 bridgehead atoms. The summed E-state index contributed by atoms with van der Waals surface area (Å²) in [6.45, 7) is 0. The lowest BCUT2D eigenvalue weighted by Gasteiger charge is -2.10. The number of benzene rings is 1. The van der Waals surface area contributed by atoms with Crippen LogP contribution < -0.4 is 14.8 Å². The van der Waals surface area contributed by atoms with Crippen LogP contribution in [0.1, 0.15) is 10.5 Å². The Kier molecular flexibility index (Phi) is 4.55. The maximum Gasteiger partial charge on any atom is 0.358 e. The van der Waals surface area contributed by atoms with E-state index >= 15 is 0 Å². The number of carbonyl (C=O) groups excluding carboxylic acids is 1. The number of anilines is 2. The van der Waals surface area contributed by atoms with Gasteiger partial charge in [-0.15, -0.1) is 0 Å². The third kappa shape index (κ3) is 3.59. The second-order valence-electron chi connectivity index (χ2n) is 4.00. The van der Waals surface area contributed by atoms with E-state index in [1.165, 1.54) is 19.5 Å². The first-order valence-corrected chi connectivity index (χ1v) is 6.06. The van der Waals surface area contributed by atoms with Gasteiger partial charge in [-0.2, -0.15) is 0 Å². The van der Waals surface area contributed by atoms with Gasteiger partial charge in [-0.05, 0) is 0 Å². The minimum absolute atomic E-state index is 0.145. The van der Waals surface area contributed by atoms with Crippen molar-refractivity contribution in [3.05, 3.63) is 36.3 Å². The fraction of sp³-hybridized carbons (Fsp3) is 0.214. The Morgan fingerprint density at radius 1 is 1.00 bits per heavy atom. The molecule has 0 saturated carbocycles. The van der Waals surface area contributed by atoms with E-state index in [9.17, 15) is 4.79 Å². The Morgan fingerprint density at radius 3 is 2.14 bits per heavy atom. The number of rotatable bonds is 5. The molecule has 110 valence electrons. The maximum absolute atomic E-state index is 11.3. The summed E-state index contributed by atoms with van der Waals surface area (Å²) in [7, 11) is 4.44.